The normalized spacial score (nSPS) is 17.3. The fourth-order valence-electron chi connectivity index (χ4n) is 7.45. The van der Waals surface area contributed by atoms with Crippen molar-refractivity contribution in [3.63, 3.8) is 0 Å². The van der Waals surface area contributed by atoms with Gasteiger partial charge < -0.3 is 20.1 Å². The number of amides is 1. The van der Waals surface area contributed by atoms with Crippen molar-refractivity contribution >= 4 is 49.5 Å². The van der Waals surface area contributed by atoms with Gasteiger partial charge in [0, 0.05) is 29.8 Å². The molecule has 2 aliphatic rings. The van der Waals surface area contributed by atoms with Crippen molar-refractivity contribution < 1.29 is 27.9 Å². The Bertz CT molecular complexity index is 2440. The highest BCUT2D eigenvalue weighted by molar-refractivity contribution is 8.00. The standard InChI is InChI=1S/C42H47N7O6S/c1-9-10-17-48-34-18-25(3)32(21-30(34)27(5)22-42(48,6)7)45-39-31(23-43)37(56(53,54)29-14-11-24(2)12-15-29)40-46-38(47-49(39)40)28-13-16-35(55-8)33(20-28)44-36(50)19-26(4)41(51)52/h11-16,18,20-21,26-27H,9-10,17,19,22H2,1-8H3,(H,44,50)(H,51,52)/b45-39+. The lowest BCUT2D eigenvalue weighted by Gasteiger charge is -2.48. The van der Waals surface area contributed by atoms with Crippen molar-refractivity contribution in [3.8, 4) is 23.2 Å². The number of sulfone groups is 1. The summed E-state index contributed by atoms with van der Waals surface area (Å²) in [6.45, 7) is 15.1. The number of hydrogen-bond acceptors (Lipinski definition) is 10. The summed E-state index contributed by atoms with van der Waals surface area (Å²) in [5.74, 6) is -1.99. The Balaban J connectivity index is 1.52. The van der Waals surface area contributed by atoms with Crippen LogP contribution < -0.4 is 15.0 Å². The molecule has 3 heterocycles. The zero-order valence-electron chi connectivity index (χ0n) is 33.0. The summed E-state index contributed by atoms with van der Waals surface area (Å²) >= 11 is 0. The van der Waals surface area contributed by atoms with Crippen molar-refractivity contribution in [2.24, 2.45) is 10.9 Å². The van der Waals surface area contributed by atoms with E-state index >= 15 is 0 Å². The number of nitrogens with zero attached hydrogens (tertiary/aromatic N) is 6. The minimum Gasteiger partial charge on any atom is -0.495 e. The third-order valence-corrected chi connectivity index (χ3v) is 12.3. The van der Waals surface area contributed by atoms with Gasteiger partial charge in [-0.3, -0.25) is 9.59 Å². The minimum absolute atomic E-state index is 0.0122. The second-order valence-electron chi connectivity index (χ2n) is 15.3. The summed E-state index contributed by atoms with van der Waals surface area (Å²) in [5.41, 5.74) is 4.99. The number of aryl methyl sites for hydroxylation is 2. The van der Waals surface area contributed by atoms with E-state index in [-0.39, 0.29) is 56.4 Å². The predicted octanol–water partition coefficient (Wildman–Crippen LogP) is 7.81. The number of ether oxygens (including phenoxy) is 1. The highest BCUT2D eigenvalue weighted by atomic mass is 32.2. The van der Waals surface area contributed by atoms with Gasteiger partial charge in [-0.15, -0.1) is 5.10 Å². The Labute approximate surface area is 327 Å². The van der Waals surface area contributed by atoms with Crippen molar-refractivity contribution in [1.29, 1.82) is 5.26 Å². The first-order chi connectivity index (χ1) is 26.5. The first-order valence-corrected chi connectivity index (χ1v) is 20.1. The molecule has 292 valence electrons. The van der Waals surface area contributed by atoms with Crippen molar-refractivity contribution in [1.82, 2.24) is 14.8 Å². The molecule has 2 N–H and O–H groups in total. The second-order valence-corrected chi connectivity index (χ2v) is 17.2. The molecule has 1 aromatic heterocycles. The van der Waals surface area contributed by atoms with Crippen LogP contribution in [-0.4, -0.2) is 65.2 Å². The highest BCUT2D eigenvalue weighted by Crippen LogP contribution is 2.46. The van der Waals surface area contributed by atoms with Crippen LogP contribution in [0.3, 0.4) is 0 Å². The number of aromatic nitrogens is 3. The van der Waals surface area contributed by atoms with E-state index in [1.165, 1.54) is 30.8 Å². The summed E-state index contributed by atoms with van der Waals surface area (Å²) in [4.78, 5) is 36.0. The van der Waals surface area contributed by atoms with Crippen LogP contribution in [0.5, 0.6) is 5.75 Å². The van der Waals surface area contributed by atoms with Gasteiger partial charge in [0.15, 0.2) is 17.5 Å². The molecule has 1 amide bonds. The quantitative estimate of drug-likeness (QED) is 0.144. The van der Waals surface area contributed by atoms with Crippen LogP contribution in [0.2, 0.25) is 0 Å². The summed E-state index contributed by atoms with van der Waals surface area (Å²) < 4.78 is 35.6. The van der Waals surface area contributed by atoms with Crippen molar-refractivity contribution in [3.05, 3.63) is 82.7 Å². The molecule has 3 aromatic carbocycles. The number of fused-ring (bicyclic) bond motifs is 2. The van der Waals surface area contributed by atoms with E-state index in [1.54, 1.807) is 30.3 Å². The van der Waals surface area contributed by atoms with Gasteiger partial charge in [-0.25, -0.2) is 18.4 Å². The lowest BCUT2D eigenvalue weighted by Crippen LogP contribution is -2.48. The molecule has 4 aromatic rings. The molecule has 0 bridgehead atoms. The number of aliphatic imine (C=N–C) groups is 1. The maximum absolute atomic E-state index is 14.4. The Kier molecular flexibility index (Phi) is 10.9. The zero-order chi connectivity index (χ0) is 40.7. The number of carbonyl (C=O) groups is 2. The van der Waals surface area contributed by atoms with Gasteiger partial charge >= 0.3 is 5.97 Å². The number of unbranched alkanes of at least 4 members (excludes halogenated alkanes) is 1. The van der Waals surface area contributed by atoms with E-state index in [0.717, 1.165) is 48.2 Å². The number of carboxylic acid groups (broad SMARTS) is 1. The molecule has 6 rings (SSSR count). The minimum atomic E-state index is -4.32. The number of carboxylic acids is 1. The lowest BCUT2D eigenvalue weighted by molar-refractivity contribution is -0.142. The topological polar surface area (TPSA) is 180 Å². The van der Waals surface area contributed by atoms with Gasteiger partial charge in [-0.1, -0.05) is 44.9 Å². The molecule has 0 saturated heterocycles. The monoisotopic (exact) mass is 777 g/mol. The summed E-state index contributed by atoms with van der Waals surface area (Å²) in [5, 5.41) is 27.4. The first kappa shape index (κ1) is 39.9. The number of aliphatic carboxylic acids is 1. The Morgan fingerprint density at radius 1 is 1.14 bits per heavy atom. The number of methoxy groups -OCH3 is 1. The molecule has 2 aliphatic heterocycles. The molecule has 0 spiro atoms. The van der Waals surface area contributed by atoms with E-state index in [9.17, 15) is 28.4 Å². The van der Waals surface area contributed by atoms with Gasteiger partial charge in [0.25, 0.3) is 0 Å². The SMILES string of the molecule is CCCCN1c2cc(C)c(/N=C3\C(C#N)=C(S(=O)(=O)c4ccc(C)cc4)c4nc(-c5ccc(OC)c(NC(=O)CC(C)C(=O)O)c5)nn43)cc2C(C)CC1(C)C. The molecule has 56 heavy (non-hydrogen) atoms. The van der Waals surface area contributed by atoms with E-state index in [0.29, 0.717) is 17.0 Å². The average molecular weight is 778 g/mol. The molecule has 0 radical (unpaired) electrons. The average Bonchev–Trinajstić information content (AvgIpc) is 3.69. The van der Waals surface area contributed by atoms with Crippen LogP contribution in [-0.2, 0) is 19.4 Å². The van der Waals surface area contributed by atoms with Gasteiger partial charge in [-0.05, 0) is 100 Å². The molecule has 2 atom stereocenters. The third kappa shape index (κ3) is 7.43. The van der Waals surface area contributed by atoms with Gasteiger partial charge in [0.1, 0.15) is 22.3 Å². The van der Waals surface area contributed by atoms with Crippen LogP contribution >= 0.6 is 0 Å². The first-order valence-electron chi connectivity index (χ1n) is 18.7. The van der Waals surface area contributed by atoms with Gasteiger partial charge in [-0.2, -0.15) is 9.94 Å². The number of anilines is 2. The number of hydrogen-bond donors (Lipinski definition) is 2. The second kappa shape index (κ2) is 15.4. The Hall–Kier alpha value is -5.81. The largest absolute Gasteiger partial charge is 0.495 e. The molecular formula is C42H47N7O6S. The summed E-state index contributed by atoms with van der Waals surface area (Å²) in [6, 6.07) is 17.5. The van der Waals surface area contributed by atoms with Crippen molar-refractivity contribution in [2.45, 2.75) is 90.5 Å². The fourth-order valence-corrected chi connectivity index (χ4v) is 8.96. The van der Waals surface area contributed by atoms with Crippen LogP contribution in [0.15, 0.2) is 70.1 Å². The zero-order valence-corrected chi connectivity index (χ0v) is 33.8. The Morgan fingerprint density at radius 2 is 1.86 bits per heavy atom. The number of rotatable bonds is 12. The van der Waals surface area contributed by atoms with Crippen LogP contribution in [0, 0.1) is 31.1 Å². The molecule has 0 fully saturated rings. The van der Waals surface area contributed by atoms with Crippen LogP contribution in [0.25, 0.3) is 16.3 Å². The number of allylic oxidation sites excluding steroid dienone is 1. The van der Waals surface area contributed by atoms with Crippen LogP contribution in [0.4, 0.5) is 17.1 Å². The fraction of sp³-hybridized carbons (Fsp3) is 0.381. The number of nitriles is 1. The van der Waals surface area contributed by atoms with E-state index < -0.39 is 27.6 Å². The Morgan fingerprint density at radius 3 is 2.50 bits per heavy atom. The molecule has 0 aliphatic carbocycles. The summed E-state index contributed by atoms with van der Waals surface area (Å²) in [7, 11) is -2.89. The molecular weight excluding hydrogens is 731 g/mol. The third-order valence-electron chi connectivity index (χ3n) is 10.5. The highest BCUT2D eigenvalue weighted by Gasteiger charge is 2.41. The molecule has 13 nitrogen and oxygen atoms in total. The lowest BCUT2D eigenvalue weighted by atomic mass is 9.79. The van der Waals surface area contributed by atoms with E-state index in [1.807, 2.05) is 19.9 Å². The predicted molar refractivity (Wildman–Crippen MR) is 216 cm³/mol. The molecule has 2 unspecified atom stereocenters. The maximum atomic E-state index is 14.4. The molecule has 14 heteroatoms. The van der Waals surface area contributed by atoms with Gasteiger partial charge in [0.2, 0.25) is 15.7 Å². The smallest absolute Gasteiger partial charge is 0.306 e. The van der Waals surface area contributed by atoms with Crippen molar-refractivity contribution in [2.75, 3.05) is 23.9 Å². The van der Waals surface area contributed by atoms with E-state index in [4.69, 9.17) is 19.8 Å². The number of benzene rings is 3. The number of nitrogens with one attached hydrogen (secondary N) is 1. The summed E-state index contributed by atoms with van der Waals surface area (Å²) in [6.07, 6.45) is 2.79. The van der Waals surface area contributed by atoms with Gasteiger partial charge in [0.05, 0.1) is 29.3 Å². The maximum Gasteiger partial charge on any atom is 0.306 e. The number of carbonyl (C=O) groups excluding carboxylic acids is 1. The van der Waals surface area contributed by atoms with Crippen LogP contribution in [0.1, 0.15) is 88.7 Å². The molecule has 0 saturated carbocycles. The van der Waals surface area contributed by atoms with E-state index in [2.05, 4.69) is 50.0 Å².